The van der Waals surface area contributed by atoms with Gasteiger partial charge in [0.2, 0.25) is 5.91 Å². The third kappa shape index (κ3) is 4.23. The lowest BCUT2D eigenvalue weighted by atomic mass is 10.1. The van der Waals surface area contributed by atoms with Gasteiger partial charge in [0.15, 0.2) is 0 Å². The Kier molecular flexibility index (Phi) is 5.28. The van der Waals surface area contributed by atoms with E-state index >= 15 is 0 Å². The molecule has 1 aromatic carbocycles. The molecule has 2 amide bonds. The minimum Gasteiger partial charge on any atom is -0.272 e. The Morgan fingerprint density at radius 3 is 2.79 bits per heavy atom. The van der Waals surface area contributed by atoms with Crippen molar-refractivity contribution in [2.24, 2.45) is 0 Å². The number of hydrogen-bond acceptors (Lipinski definition) is 4. The number of nitrogens with one attached hydrogen (secondary N) is 2. The van der Waals surface area contributed by atoms with Crippen molar-refractivity contribution in [3.05, 3.63) is 60.2 Å². The molecular weight excluding hydrogens is 322 g/mol. The molecule has 0 radical (unpaired) electrons. The summed E-state index contributed by atoms with van der Waals surface area (Å²) in [5, 5.41) is 1.83. The zero-order valence-electron chi connectivity index (χ0n) is 13.0. The van der Waals surface area contributed by atoms with Crippen molar-refractivity contribution in [3.63, 3.8) is 0 Å². The maximum Gasteiger partial charge on any atom is 0.269 e. The second kappa shape index (κ2) is 7.79. The van der Waals surface area contributed by atoms with E-state index in [9.17, 15) is 9.59 Å². The molecular formula is C18H17N3O2S. The zero-order chi connectivity index (χ0) is 16.8. The van der Waals surface area contributed by atoms with E-state index in [1.54, 1.807) is 6.08 Å². The molecule has 24 heavy (non-hydrogen) atoms. The van der Waals surface area contributed by atoms with Crippen LogP contribution in [-0.4, -0.2) is 22.6 Å². The van der Waals surface area contributed by atoms with E-state index in [0.29, 0.717) is 5.57 Å². The average Bonchev–Trinajstić information content (AvgIpc) is 2.65. The molecule has 1 heterocycles. The SMILES string of the molecule is O=C(CSc1ccc2ccccc2n1)NNC(=O)C1=CCCC=C1. The van der Waals surface area contributed by atoms with Gasteiger partial charge in [0, 0.05) is 11.0 Å². The van der Waals surface area contributed by atoms with Crippen molar-refractivity contribution in [2.75, 3.05) is 5.75 Å². The van der Waals surface area contributed by atoms with Crippen LogP contribution < -0.4 is 10.9 Å². The highest BCUT2D eigenvalue weighted by Gasteiger charge is 2.10. The van der Waals surface area contributed by atoms with Crippen LogP contribution in [0, 0.1) is 0 Å². The van der Waals surface area contributed by atoms with Crippen LogP contribution >= 0.6 is 11.8 Å². The Hall–Kier alpha value is -2.60. The summed E-state index contributed by atoms with van der Waals surface area (Å²) in [6, 6.07) is 11.7. The van der Waals surface area contributed by atoms with Gasteiger partial charge in [-0.2, -0.15) is 0 Å². The normalized spacial score (nSPS) is 13.4. The lowest BCUT2D eigenvalue weighted by Crippen LogP contribution is -2.43. The lowest BCUT2D eigenvalue weighted by Gasteiger charge is -2.09. The predicted octanol–water partition coefficient (Wildman–Crippen LogP) is 2.75. The number of carbonyl (C=O) groups excluding carboxylic acids is 2. The largest absolute Gasteiger partial charge is 0.272 e. The molecule has 1 aliphatic carbocycles. The standard InChI is InChI=1S/C18H17N3O2S/c22-16(20-21-18(23)14-7-2-1-3-8-14)12-24-17-11-10-13-6-4-5-9-15(13)19-17/h2,4-11H,1,3,12H2,(H,20,22)(H,21,23). The summed E-state index contributed by atoms with van der Waals surface area (Å²) in [6.45, 7) is 0. The number of nitrogens with zero attached hydrogens (tertiary/aromatic N) is 1. The van der Waals surface area contributed by atoms with Crippen molar-refractivity contribution < 1.29 is 9.59 Å². The summed E-state index contributed by atoms with van der Waals surface area (Å²) in [6.07, 6.45) is 7.35. The van der Waals surface area contributed by atoms with Crippen molar-refractivity contribution in [1.82, 2.24) is 15.8 Å². The third-order valence-corrected chi connectivity index (χ3v) is 4.43. The fourth-order valence-electron chi connectivity index (χ4n) is 2.28. The minimum atomic E-state index is -0.298. The number of hydrazine groups is 1. The molecule has 3 rings (SSSR count). The van der Waals surface area contributed by atoms with Crippen LogP contribution in [0.5, 0.6) is 0 Å². The van der Waals surface area contributed by atoms with Gasteiger partial charge >= 0.3 is 0 Å². The molecule has 6 heteroatoms. The lowest BCUT2D eigenvalue weighted by molar-refractivity contribution is -0.125. The molecule has 0 spiro atoms. The number of pyridine rings is 1. The molecule has 0 aliphatic heterocycles. The number of fused-ring (bicyclic) bond motifs is 1. The van der Waals surface area contributed by atoms with Crippen LogP contribution in [0.2, 0.25) is 0 Å². The Balaban J connectivity index is 1.48. The molecule has 1 aromatic heterocycles. The molecule has 0 saturated carbocycles. The summed E-state index contributed by atoms with van der Waals surface area (Å²) in [4.78, 5) is 28.2. The molecule has 5 nitrogen and oxygen atoms in total. The highest BCUT2D eigenvalue weighted by molar-refractivity contribution is 7.99. The molecule has 0 bridgehead atoms. The summed E-state index contributed by atoms with van der Waals surface area (Å²) in [5.74, 6) is -0.391. The van der Waals surface area contributed by atoms with E-state index in [1.165, 1.54) is 11.8 Å². The van der Waals surface area contributed by atoms with E-state index in [-0.39, 0.29) is 17.6 Å². The van der Waals surface area contributed by atoms with Gasteiger partial charge in [-0.25, -0.2) is 4.98 Å². The summed E-state index contributed by atoms with van der Waals surface area (Å²) in [7, 11) is 0. The van der Waals surface area contributed by atoms with Gasteiger partial charge in [-0.15, -0.1) is 0 Å². The van der Waals surface area contributed by atoms with Crippen LogP contribution in [-0.2, 0) is 9.59 Å². The number of hydrogen-bond donors (Lipinski definition) is 2. The second-order valence-corrected chi connectivity index (χ2v) is 6.27. The monoisotopic (exact) mass is 339 g/mol. The van der Waals surface area contributed by atoms with Gasteiger partial charge in [0.05, 0.1) is 16.3 Å². The van der Waals surface area contributed by atoms with Gasteiger partial charge < -0.3 is 0 Å². The number of benzene rings is 1. The Labute approximate surface area is 144 Å². The Morgan fingerprint density at radius 2 is 1.96 bits per heavy atom. The number of thioether (sulfide) groups is 1. The van der Waals surface area contributed by atoms with Gasteiger partial charge in [-0.3, -0.25) is 20.4 Å². The molecule has 0 saturated heterocycles. The molecule has 2 aromatic rings. The minimum absolute atomic E-state index is 0.181. The maximum absolute atomic E-state index is 11.9. The quantitative estimate of drug-likeness (QED) is 0.664. The van der Waals surface area contributed by atoms with Crippen molar-refractivity contribution >= 4 is 34.5 Å². The van der Waals surface area contributed by atoms with E-state index in [2.05, 4.69) is 15.8 Å². The highest BCUT2D eigenvalue weighted by Crippen LogP contribution is 2.19. The number of aromatic nitrogens is 1. The average molecular weight is 339 g/mol. The van der Waals surface area contributed by atoms with E-state index < -0.39 is 0 Å². The van der Waals surface area contributed by atoms with Crippen LogP contribution in [0.1, 0.15) is 12.8 Å². The fourth-order valence-corrected chi connectivity index (χ4v) is 2.96. The van der Waals surface area contributed by atoms with Gasteiger partial charge in [-0.1, -0.05) is 54.3 Å². The number of para-hydroxylation sites is 1. The Bertz CT molecular complexity index is 830. The van der Waals surface area contributed by atoms with Crippen LogP contribution in [0.4, 0.5) is 0 Å². The van der Waals surface area contributed by atoms with Crippen molar-refractivity contribution in [1.29, 1.82) is 0 Å². The van der Waals surface area contributed by atoms with Crippen molar-refractivity contribution in [2.45, 2.75) is 17.9 Å². The Morgan fingerprint density at radius 1 is 1.08 bits per heavy atom. The second-order valence-electron chi connectivity index (χ2n) is 5.27. The number of carbonyl (C=O) groups is 2. The number of allylic oxidation sites excluding steroid dienone is 2. The van der Waals surface area contributed by atoms with Crippen LogP contribution in [0.25, 0.3) is 10.9 Å². The van der Waals surface area contributed by atoms with Gasteiger partial charge in [0.1, 0.15) is 0 Å². The zero-order valence-corrected chi connectivity index (χ0v) is 13.8. The fraction of sp³-hybridized carbons (Fsp3) is 0.167. The highest BCUT2D eigenvalue weighted by atomic mass is 32.2. The molecule has 0 fully saturated rings. The first-order chi connectivity index (χ1) is 11.7. The molecule has 2 N–H and O–H groups in total. The molecule has 0 unspecified atom stereocenters. The molecule has 0 atom stereocenters. The smallest absolute Gasteiger partial charge is 0.269 e. The molecule has 122 valence electrons. The topological polar surface area (TPSA) is 71.1 Å². The summed E-state index contributed by atoms with van der Waals surface area (Å²) >= 11 is 1.33. The van der Waals surface area contributed by atoms with Gasteiger partial charge in [-0.05, 0) is 25.0 Å². The van der Waals surface area contributed by atoms with E-state index in [4.69, 9.17) is 0 Å². The van der Waals surface area contributed by atoms with E-state index in [1.807, 2.05) is 48.6 Å². The predicted molar refractivity (Wildman–Crippen MR) is 95.2 cm³/mol. The van der Waals surface area contributed by atoms with Gasteiger partial charge in [0.25, 0.3) is 5.91 Å². The summed E-state index contributed by atoms with van der Waals surface area (Å²) < 4.78 is 0. The number of amides is 2. The van der Waals surface area contributed by atoms with Crippen LogP contribution in [0.15, 0.2) is 65.2 Å². The first kappa shape index (κ1) is 16.3. The van der Waals surface area contributed by atoms with Crippen LogP contribution in [0.3, 0.4) is 0 Å². The van der Waals surface area contributed by atoms with Crippen molar-refractivity contribution in [3.8, 4) is 0 Å². The van der Waals surface area contributed by atoms with E-state index in [0.717, 1.165) is 28.8 Å². The first-order valence-corrected chi connectivity index (χ1v) is 8.65. The number of rotatable bonds is 4. The maximum atomic E-state index is 11.9. The molecule has 1 aliphatic rings. The summed E-state index contributed by atoms with van der Waals surface area (Å²) in [5.41, 5.74) is 6.32. The third-order valence-electron chi connectivity index (χ3n) is 3.50. The first-order valence-electron chi connectivity index (χ1n) is 7.67.